The molecule has 3 unspecified atom stereocenters. The number of carbonyl (C=O) groups is 1. The topological polar surface area (TPSA) is 75.0 Å². The second kappa shape index (κ2) is 7.80. The first-order valence-corrected chi connectivity index (χ1v) is 8.47. The van der Waals surface area contributed by atoms with Crippen molar-refractivity contribution in [2.45, 2.75) is 19.4 Å². The molecule has 1 N–H and O–H groups in total. The quantitative estimate of drug-likeness (QED) is 0.867. The highest BCUT2D eigenvalue weighted by Gasteiger charge is 2.46. The molecule has 1 aromatic heterocycles. The second-order valence-corrected chi connectivity index (χ2v) is 6.34. The molecule has 128 valence electrons. The number of nitriles is 1. The number of allylic oxidation sites excluding steroid dienone is 6. The van der Waals surface area contributed by atoms with Crippen LogP contribution in [0, 0.1) is 29.1 Å². The van der Waals surface area contributed by atoms with E-state index in [1.165, 1.54) is 0 Å². The summed E-state index contributed by atoms with van der Waals surface area (Å²) in [6, 6.07) is 5.35. The highest BCUT2D eigenvalue weighted by molar-refractivity contribution is 5.82. The summed E-state index contributed by atoms with van der Waals surface area (Å²) in [5.41, 5.74) is 0.910. The van der Waals surface area contributed by atoms with Gasteiger partial charge in [0.15, 0.2) is 6.61 Å². The Morgan fingerprint density at radius 2 is 2.12 bits per heavy atom. The summed E-state index contributed by atoms with van der Waals surface area (Å²) < 4.78 is 5.13. The SMILES string of the molecule is CC(NC(=O)C1CC1C1C=CC=CC=C1)c1ccc(OCC#N)nc1. The number of amides is 1. The van der Waals surface area contributed by atoms with E-state index in [9.17, 15) is 4.79 Å². The molecule has 1 amide bonds. The molecule has 1 heterocycles. The molecular formula is C20H21N3O2. The molecule has 0 radical (unpaired) electrons. The number of hydrogen-bond donors (Lipinski definition) is 1. The predicted octanol–water partition coefficient (Wildman–Crippen LogP) is 3.10. The number of hydrogen-bond acceptors (Lipinski definition) is 4. The van der Waals surface area contributed by atoms with Gasteiger partial charge in [0.25, 0.3) is 0 Å². The average Bonchev–Trinajstić information content (AvgIpc) is 3.43. The van der Waals surface area contributed by atoms with E-state index in [2.05, 4.69) is 22.5 Å². The lowest BCUT2D eigenvalue weighted by Gasteiger charge is -2.15. The Labute approximate surface area is 147 Å². The zero-order valence-electron chi connectivity index (χ0n) is 14.1. The number of carbonyl (C=O) groups excluding carboxylic acids is 1. The van der Waals surface area contributed by atoms with Crippen LogP contribution in [0.15, 0.2) is 54.8 Å². The molecule has 1 saturated carbocycles. The minimum atomic E-state index is -0.117. The van der Waals surface area contributed by atoms with E-state index in [0.29, 0.717) is 17.7 Å². The lowest BCUT2D eigenvalue weighted by molar-refractivity contribution is -0.123. The molecular weight excluding hydrogens is 314 g/mol. The Hall–Kier alpha value is -2.87. The van der Waals surface area contributed by atoms with Crippen LogP contribution < -0.4 is 10.1 Å². The van der Waals surface area contributed by atoms with Gasteiger partial charge in [-0.25, -0.2) is 4.98 Å². The van der Waals surface area contributed by atoms with Crippen LogP contribution in [0.4, 0.5) is 0 Å². The van der Waals surface area contributed by atoms with E-state index in [4.69, 9.17) is 10.00 Å². The molecule has 0 aromatic carbocycles. The zero-order chi connectivity index (χ0) is 17.6. The Morgan fingerprint density at radius 1 is 1.36 bits per heavy atom. The van der Waals surface area contributed by atoms with Crippen molar-refractivity contribution in [3.8, 4) is 11.9 Å². The van der Waals surface area contributed by atoms with Crippen LogP contribution >= 0.6 is 0 Å². The van der Waals surface area contributed by atoms with Gasteiger partial charge in [0.1, 0.15) is 6.07 Å². The van der Waals surface area contributed by atoms with Gasteiger partial charge < -0.3 is 10.1 Å². The third-order valence-electron chi connectivity index (χ3n) is 4.57. The van der Waals surface area contributed by atoms with Crippen molar-refractivity contribution >= 4 is 5.91 Å². The van der Waals surface area contributed by atoms with Crippen LogP contribution in [0.2, 0.25) is 0 Å². The summed E-state index contributed by atoms with van der Waals surface area (Å²) in [5, 5.41) is 11.6. The van der Waals surface area contributed by atoms with E-state index in [0.717, 1.165) is 12.0 Å². The molecule has 2 aliphatic rings. The summed E-state index contributed by atoms with van der Waals surface area (Å²) in [4.78, 5) is 16.6. The number of nitrogens with zero attached hydrogens (tertiary/aromatic N) is 2. The van der Waals surface area contributed by atoms with E-state index in [1.54, 1.807) is 12.3 Å². The number of ether oxygens (including phenoxy) is 1. The van der Waals surface area contributed by atoms with Gasteiger partial charge in [-0.05, 0) is 30.7 Å². The van der Waals surface area contributed by atoms with Crippen LogP contribution in [-0.2, 0) is 4.79 Å². The molecule has 0 saturated heterocycles. The Kier molecular flexibility index (Phi) is 5.30. The van der Waals surface area contributed by atoms with Crippen LogP contribution in [0.3, 0.4) is 0 Å². The Morgan fingerprint density at radius 3 is 2.76 bits per heavy atom. The van der Waals surface area contributed by atoms with Crippen molar-refractivity contribution < 1.29 is 9.53 Å². The van der Waals surface area contributed by atoms with Gasteiger partial charge in [0.2, 0.25) is 11.8 Å². The molecule has 0 bridgehead atoms. The molecule has 5 heteroatoms. The lowest BCUT2D eigenvalue weighted by Crippen LogP contribution is -2.29. The molecule has 2 aliphatic carbocycles. The molecule has 3 rings (SSSR count). The summed E-state index contributed by atoms with van der Waals surface area (Å²) in [6.07, 6.45) is 15.0. The van der Waals surface area contributed by atoms with Crippen molar-refractivity contribution in [2.75, 3.05) is 6.61 Å². The van der Waals surface area contributed by atoms with Crippen molar-refractivity contribution in [3.05, 3.63) is 60.3 Å². The number of rotatable bonds is 6. The normalized spacial score (nSPS) is 22.7. The fourth-order valence-electron chi connectivity index (χ4n) is 3.05. The second-order valence-electron chi connectivity index (χ2n) is 6.34. The smallest absolute Gasteiger partial charge is 0.223 e. The maximum atomic E-state index is 12.5. The minimum absolute atomic E-state index is 0.0265. The van der Waals surface area contributed by atoms with Crippen molar-refractivity contribution in [3.63, 3.8) is 0 Å². The molecule has 1 fully saturated rings. The highest BCUT2D eigenvalue weighted by atomic mass is 16.5. The molecule has 5 nitrogen and oxygen atoms in total. The van der Waals surface area contributed by atoms with Crippen LogP contribution in [0.1, 0.15) is 24.9 Å². The monoisotopic (exact) mass is 335 g/mol. The van der Waals surface area contributed by atoms with Crippen LogP contribution in [-0.4, -0.2) is 17.5 Å². The maximum Gasteiger partial charge on any atom is 0.223 e. The van der Waals surface area contributed by atoms with Gasteiger partial charge in [-0.1, -0.05) is 42.5 Å². The summed E-state index contributed by atoms with van der Waals surface area (Å²) >= 11 is 0. The van der Waals surface area contributed by atoms with Crippen molar-refractivity contribution in [1.29, 1.82) is 5.26 Å². The molecule has 25 heavy (non-hydrogen) atoms. The Bertz CT molecular complexity index is 727. The van der Waals surface area contributed by atoms with Gasteiger partial charge in [0, 0.05) is 18.2 Å². The number of aromatic nitrogens is 1. The third kappa shape index (κ3) is 4.36. The molecule has 3 atom stereocenters. The molecule has 0 spiro atoms. The van der Waals surface area contributed by atoms with Crippen LogP contribution in [0.5, 0.6) is 5.88 Å². The lowest BCUT2D eigenvalue weighted by atomic mass is 10.0. The average molecular weight is 335 g/mol. The van der Waals surface area contributed by atoms with Gasteiger partial charge >= 0.3 is 0 Å². The predicted molar refractivity (Wildman–Crippen MR) is 94.4 cm³/mol. The van der Waals surface area contributed by atoms with E-state index in [-0.39, 0.29) is 24.5 Å². The highest BCUT2D eigenvalue weighted by Crippen LogP contribution is 2.46. The third-order valence-corrected chi connectivity index (χ3v) is 4.57. The largest absolute Gasteiger partial charge is 0.462 e. The fourth-order valence-corrected chi connectivity index (χ4v) is 3.05. The summed E-state index contributed by atoms with van der Waals surface area (Å²) in [6.45, 7) is 1.92. The number of nitrogens with one attached hydrogen (secondary N) is 1. The first kappa shape index (κ1) is 17.0. The maximum absolute atomic E-state index is 12.5. The van der Waals surface area contributed by atoms with Gasteiger partial charge in [-0.3, -0.25) is 4.79 Å². The zero-order valence-corrected chi connectivity index (χ0v) is 14.1. The Balaban J connectivity index is 1.52. The van der Waals surface area contributed by atoms with E-state index >= 15 is 0 Å². The summed E-state index contributed by atoms with van der Waals surface area (Å²) in [5.74, 6) is 1.30. The first-order valence-electron chi connectivity index (χ1n) is 8.47. The van der Waals surface area contributed by atoms with Crippen molar-refractivity contribution in [1.82, 2.24) is 10.3 Å². The minimum Gasteiger partial charge on any atom is -0.462 e. The van der Waals surface area contributed by atoms with Gasteiger partial charge in [-0.15, -0.1) is 0 Å². The molecule has 1 aromatic rings. The van der Waals surface area contributed by atoms with E-state index < -0.39 is 0 Å². The standard InChI is InChI=1S/C20H21N3O2/c1-14(16-8-9-19(22-13-16)25-11-10-21)23-20(24)18-12-17(18)15-6-4-2-3-5-7-15/h2-9,13-15,17-18H,11-12H2,1H3,(H,23,24). The van der Waals surface area contributed by atoms with Crippen molar-refractivity contribution in [2.24, 2.45) is 17.8 Å². The van der Waals surface area contributed by atoms with Gasteiger partial charge in [-0.2, -0.15) is 5.26 Å². The first-order chi connectivity index (χ1) is 12.2. The van der Waals surface area contributed by atoms with E-state index in [1.807, 2.05) is 43.4 Å². The fraction of sp³-hybridized carbons (Fsp3) is 0.350. The summed E-state index contributed by atoms with van der Waals surface area (Å²) in [7, 11) is 0. The van der Waals surface area contributed by atoms with Gasteiger partial charge in [0.05, 0.1) is 6.04 Å². The number of pyridine rings is 1. The van der Waals surface area contributed by atoms with Crippen LogP contribution in [0.25, 0.3) is 0 Å². The molecule has 0 aliphatic heterocycles.